The summed E-state index contributed by atoms with van der Waals surface area (Å²) >= 11 is 0. The fourth-order valence-electron chi connectivity index (χ4n) is 4.26. The molecule has 0 saturated carbocycles. The third-order valence-corrected chi connectivity index (χ3v) is 5.92. The van der Waals surface area contributed by atoms with Crippen molar-refractivity contribution in [3.63, 3.8) is 0 Å². The Bertz CT molecular complexity index is 822. The summed E-state index contributed by atoms with van der Waals surface area (Å²) in [6, 6.07) is 11.9. The van der Waals surface area contributed by atoms with Crippen LogP contribution in [-0.2, 0) is 17.9 Å². The molecular formula is C21H26N4O2. The van der Waals surface area contributed by atoms with Crippen LogP contribution >= 0.6 is 0 Å². The predicted molar refractivity (Wildman–Crippen MR) is 102 cm³/mol. The lowest BCUT2D eigenvalue weighted by atomic mass is 9.77. The first-order chi connectivity index (χ1) is 13.1. The molecule has 0 unspecified atom stereocenters. The number of rotatable bonds is 4. The Morgan fingerprint density at radius 1 is 1.15 bits per heavy atom. The molecule has 1 aromatic carbocycles. The molecule has 0 radical (unpaired) electrons. The number of aromatic nitrogens is 2. The van der Waals surface area contributed by atoms with Crippen LogP contribution in [0.3, 0.4) is 0 Å². The van der Waals surface area contributed by atoms with Crippen LogP contribution in [0.4, 0.5) is 0 Å². The van der Waals surface area contributed by atoms with Gasteiger partial charge in [0.2, 0.25) is 5.91 Å². The van der Waals surface area contributed by atoms with Crippen molar-refractivity contribution >= 4 is 11.8 Å². The standard InChI is InChI=1S/C21H26N4O2/c1-2-25-11-8-18(22-25)20(27)23-12-9-21(10-13-23)14-19(26)24(16-21)15-17-6-4-3-5-7-17/h3-8,11H,2,9-10,12-16H2,1H3. The number of aryl methyl sites for hydroxylation is 1. The minimum Gasteiger partial charge on any atom is -0.338 e. The van der Waals surface area contributed by atoms with Gasteiger partial charge in [-0.15, -0.1) is 0 Å². The van der Waals surface area contributed by atoms with Crippen LogP contribution < -0.4 is 0 Å². The molecule has 2 saturated heterocycles. The van der Waals surface area contributed by atoms with Crippen molar-refractivity contribution in [2.24, 2.45) is 5.41 Å². The molecule has 2 aliphatic heterocycles. The number of hydrogen-bond acceptors (Lipinski definition) is 3. The third kappa shape index (κ3) is 3.61. The van der Waals surface area contributed by atoms with Crippen molar-refractivity contribution < 1.29 is 9.59 Å². The summed E-state index contributed by atoms with van der Waals surface area (Å²) in [6.45, 7) is 5.64. The molecule has 6 nitrogen and oxygen atoms in total. The third-order valence-electron chi connectivity index (χ3n) is 5.92. The second kappa shape index (κ2) is 7.18. The zero-order valence-corrected chi connectivity index (χ0v) is 15.8. The molecule has 2 aromatic rings. The van der Waals surface area contributed by atoms with Crippen LogP contribution in [0.2, 0.25) is 0 Å². The molecule has 1 aromatic heterocycles. The highest BCUT2D eigenvalue weighted by Crippen LogP contribution is 2.41. The van der Waals surface area contributed by atoms with E-state index in [1.165, 1.54) is 5.56 Å². The smallest absolute Gasteiger partial charge is 0.274 e. The lowest BCUT2D eigenvalue weighted by molar-refractivity contribution is -0.128. The van der Waals surface area contributed by atoms with E-state index in [9.17, 15) is 9.59 Å². The normalized spacial score (nSPS) is 19.1. The fraction of sp³-hybridized carbons (Fsp3) is 0.476. The van der Waals surface area contributed by atoms with Crippen molar-refractivity contribution in [1.82, 2.24) is 19.6 Å². The number of amides is 2. The van der Waals surface area contributed by atoms with Crippen LogP contribution in [-0.4, -0.2) is 51.0 Å². The number of nitrogens with zero attached hydrogens (tertiary/aromatic N) is 4. The van der Waals surface area contributed by atoms with Crippen molar-refractivity contribution in [3.05, 3.63) is 53.9 Å². The van der Waals surface area contributed by atoms with Gasteiger partial charge in [0.15, 0.2) is 0 Å². The summed E-state index contributed by atoms with van der Waals surface area (Å²) in [4.78, 5) is 29.1. The maximum absolute atomic E-state index is 12.7. The quantitative estimate of drug-likeness (QED) is 0.836. The van der Waals surface area contributed by atoms with Crippen molar-refractivity contribution in [1.29, 1.82) is 0 Å². The van der Waals surface area contributed by atoms with Crippen LogP contribution in [0.1, 0.15) is 42.2 Å². The molecule has 27 heavy (non-hydrogen) atoms. The maximum atomic E-state index is 12.7. The van der Waals surface area contributed by atoms with Gasteiger partial charge in [0.05, 0.1) is 0 Å². The van der Waals surface area contributed by atoms with Gasteiger partial charge in [-0.3, -0.25) is 14.3 Å². The van der Waals surface area contributed by atoms with E-state index in [0.29, 0.717) is 31.7 Å². The molecule has 3 heterocycles. The van der Waals surface area contributed by atoms with E-state index in [4.69, 9.17) is 0 Å². The summed E-state index contributed by atoms with van der Waals surface area (Å²) < 4.78 is 1.77. The van der Waals surface area contributed by atoms with Gasteiger partial charge in [0.1, 0.15) is 5.69 Å². The van der Waals surface area contributed by atoms with Gasteiger partial charge in [-0.2, -0.15) is 5.10 Å². The predicted octanol–water partition coefficient (Wildman–Crippen LogP) is 2.56. The summed E-state index contributed by atoms with van der Waals surface area (Å²) in [5.74, 6) is 0.239. The van der Waals surface area contributed by atoms with Crippen molar-refractivity contribution in [2.75, 3.05) is 19.6 Å². The Kier molecular flexibility index (Phi) is 4.72. The van der Waals surface area contributed by atoms with E-state index < -0.39 is 0 Å². The Morgan fingerprint density at radius 2 is 1.89 bits per heavy atom. The zero-order valence-electron chi connectivity index (χ0n) is 15.8. The van der Waals surface area contributed by atoms with Gasteiger partial charge in [0, 0.05) is 50.8 Å². The summed E-state index contributed by atoms with van der Waals surface area (Å²) in [6.07, 6.45) is 4.20. The van der Waals surface area contributed by atoms with E-state index in [-0.39, 0.29) is 17.2 Å². The topological polar surface area (TPSA) is 58.4 Å². The highest BCUT2D eigenvalue weighted by molar-refractivity contribution is 5.92. The van der Waals surface area contributed by atoms with Gasteiger partial charge >= 0.3 is 0 Å². The Hall–Kier alpha value is -2.63. The molecule has 0 atom stereocenters. The molecule has 0 aliphatic carbocycles. The number of carbonyl (C=O) groups is 2. The highest BCUT2D eigenvalue weighted by atomic mass is 16.2. The van der Waals surface area contributed by atoms with Crippen LogP contribution in [0, 0.1) is 5.41 Å². The summed E-state index contributed by atoms with van der Waals surface area (Å²) in [5, 5.41) is 4.33. The summed E-state index contributed by atoms with van der Waals surface area (Å²) in [7, 11) is 0. The molecule has 2 fully saturated rings. The lowest BCUT2D eigenvalue weighted by Crippen LogP contribution is -2.44. The number of benzene rings is 1. The number of hydrogen-bond donors (Lipinski definition) is 0. The Labute approximate surface area is 159 Å². The van der Waals surface area contributed by atoms with E-state index in [2.05, 4.69) is 17.2 Å². The average molecular weight is 366 g/mol. The molecule has 0 N–H and O–H groups in total. The molecule has 2 amide bonds. The monoisotopic (exact) mass is 366 g/mol. The zero-order chi connectivity index (χ0) is 18.9. The second-order valence-corrected chi connectivity index (χ2v) is 7.76. The Morgan fingerprint density at radius 3 is 2.56 bits per heavy atom. The first-order valence-electron chi connectivity index (χ1n) is 9.73. The van der Waals surface area contributed by atoms with E-state index >= 15 is 0 Å². The van der Waals surface area contributed by atoms with Crippen molar-refractivity contribution in [3.8, 4) is 0 Å². The molecular weight excluding hydrogens is 340 g/mol. The average Bonchev–Trinajstić information content (AvgIpc) is 3.28. The molecule has 1 spiro atoms. The second-order valence-electron chi connectivity index (χ2n) is 7.76. The van der Waals surface area contributed by atoms with Crippen LogP contribution in [0.15, 0.2) is 42.6 Å². The van der Waals surface area contributed by atoms with E-state index in [1.807, 2.05) is 41.1 Å². The van der Waals surface area contributed by atoms with E-state index in [0.717, 1.165) is 25.9 Å². The van der Waals surface area contributed by atoms with Gasteiger partial charge in [-0.25, -0.2) is 0 Å². The number of carbonyl (C=O) groups excluding carboxylic acids is 2. The SMILES string of the molecule is CCn1ccc(C(=O)N2CCC3(CC2)CC(=O)N(Cc2ccccc2)C3)n1. The molecule has 4 rings (SSSR count). The van der Waals surface area contributed by atoms with Gasteiger partial charge in [0.25, 0.3) is 5.91 Å². The number of piperidine rings is 1. The minimum absolute atomic E-state index is 0.00233. The molecule has 6 heteroatoms. The maximum Gasteiger partial charge on any atom is 0.274 e. The minimum atomic E-state index is 0.00233. The van der Waals surface area contributed by atoms with Gasteiger partial charge < -0.3 is 9.80 Å². The fourth-order valence-corrected chi connectivity index (χ4v) is 4.26. The Balaban J connectivity index is 1.37. The van der Waals surface area contributed by atoms with Crippen molar-refractivity contribution in [2.45, 2.75) is 39.3 Å². The molecule has 142 valence electrons. The lowest BCUT2D eigenvalue weighted by Gasteiger charge is -2.38. The summed E-state index contributed by atoms with van der Waals surface area (Å²) in [5.41, 5.74) is 1.70. The van der Waals surface area contributed by atoms with Crippen LogP contribution in [0.25, 0.3) is 0 Å². The number of likely N-dealkylation sites (tertiary alicyclic amines) is 2. The largest absolute Gasteiger partial charge is 0.338 e. The molecule has 2 aliphatic rings. The molecule has 0 bridgehead atoms. The highest BCUT2D eigenvalue weighted by Gasteiger charge is 2.45. The van der Waals surface area contributed by atoms with Crippen LogP contribution in [0.5, 0.6) is 0 Å². The first kappa shape index (κ1) is 17.8. The van der Waals surface area contributed by atoms with Gasteiger partial charge in [-0.05, 0) is 31.4 Å². The van der Waals surface area contributed by atoms with E-state index in [1.54, 1.807) is 10.7 Å². The van der Waals surface area contributed by atoms with Gasteiger partial charge in [-0.1, -0.05) is 30.3 Å². The first-order valence-corrected chi connectivity index (χ1v) is 9.73.